The Kier molecular flexibility index (Phi) is 4.81. The van der Waals surface area contributed by atoms with Gasteiger partial charge in [0.1, 0.15) is 11.9 Å². The van der Waals surface area contributed by atoms with Gasteiger partial charge in [0.15, 0.2) is 6.10 Å². The van der Waals surface area contributed by atoms with E-state index in [0.717, 1.165) is 19.2 Å². The van der Waals surface area contributed by atoms with Gasteiger partial charge in [0.25, 0.3) is 5.60 Å². The highest BCUT2D eigenvalue weighted by Gasteiger charge is 2.65. The molecule has 1 aromatic heterocycles. The summed E-state index contributed by atoms with van der Waals surface area (Å²) in [5.74, 6) is -1.38. The molecule has 3 rings (SSSR count). The van der Waals surface area contributed by atoms with Crippen LogP contribution in [0.2, 0.25) is 0 Å². The minimum Gasteiger partial charge on any atom is -0.465 e. The molecule has 5 nitrogen and oxygen atoms in total. The maximum absolute atomic E-state index is 13.9. The van der Waals surface area contributed by atoms with Gasteiger partial charge in [0, 0.05) is 12.7 Å². The molecular weight excluding hydrogens is 353 g/mol. The topological polar surface area (TPSA) is 61.2 Å². The van der Waals surface area contributed by atoms with E-state index in [0.29, 0.717) is 0 Å². The molecular formula is C18H17F3O5. The summed E-state index contributed by atoms with van der Waals surface area (Å²) in [6.45, 7) is 1.72. The SMILES string of the molecule is CO[C@@](C(=O)O[C@@H](c1ccco1)[C@H]1O[C@H]1C)(c1ccccc1)C(F)(F)F. The van der Waals surface area contributed by atoms with Gasteiger partial charge in [0.2, 0.25) is 0 Å². The summed E-state index contributed by atoms with van der Waals surface area (Å²) in [6.07, 6.45) is -5.65. The predicted molar refractivity (Wildman–Crippen MR) is 83.1 cm³/mol. The maximum atomic E-state index is 13.9. The van der Waals surface area contributed by atoms with E-state index in [1.165, 1.54) is 30.5 Å². The Labute approximate surface area is 147 Å². The molecule has 1 aromatic carbocycles. The number of furan rings is 1. The normalized spacial score (nSPS) is 23.1. The zero-order valence-corrected chi connectivity index (χ0v) is 14.0. The van der Waals surface area contributed by atoms with Crippen LogP contribution in [0.1, 0.15) is 24.4 Å². The molecule has 2 aromatic rings. The van der Waals surface area contributed by atoms with E-state index < -0.39 is 30.0 Å². The van der Waals surface area contributed by atoms with E-state index in [1.54, 1.807) is 13.0 Å². The van der Waals surface area contributed by atoms with Crippen molar-refractivity contribution in [3.8, 4) is 0 Å². The van der Waals surface area contributed by atoms with E-state index in [4.69, 9.17) is 18.6 Å². The smallest absolute Gasteiger partial charge is 0.432 e. The minimum atomic E-state index is -5.04. The number of epoxide rings is 1. The third-order valence-electron chi connectivity index (χ3n) is 4.29. The summed E-state index contributed by atoms with van der Waals surface area (Å²) in [5.41, 5.74) is -3.63. The molecule has 26 heavy (non-hydrogen) atoms. The van der Waals surface area contributed by atoms with E-state index in [1.807, 2.05) is 0 Å². The molecule has 4 atom stereocenters. The van der Waals surface area contributed by atoms with Crippen LogP contribution in [-0.2, 0) is 24.6 Å². The Morgan fingerprint density at radius 1 is 1.15 bits per heavy atom. The number of carbonyl (C=O) groups is 1. The highest BCUT2D eigenvalue weighted by Crippen LogP contribution is 2.45. The molecule has 1 aliphatic rings. The van der Waals surface area contributed by atoms with Crippen LogP contribution >= 0.6 is 0 Å². The second kappa shape index (κ2) is 6.77. The molecule has 0 aliphatic carbocycles. The van der Waals surface area contributed by atoms with Gasteiger partial charge in [0.05, 0.1) is 12.4 Å². The summed E-state index contributed by atoms with van der Waals surface area (Å²) in [4.78, 5) is 12.7. The van der Waals surface area contributed by atoms with Crippen LogP contribution in [0.25, 0.3) is 0 Å². The fourth-order valence-corrected chi connectivity index (χ4v) is 2.85. The van der Waals surface area contributed by atoms with Crippen molar-refractivity contribution >= 4 is 5.97 Å². The van der Waals surface area contributed by atoms with Gasteiger partial charge in [-0.15, -0.1) is 0 Å². The molecule has 0 spiro atoms. The first kappa shape index (κ1) is 18.5. The molecule has 0 radical (unpaired) electrons. The molecule has 140 valence electrons. The van der Waals surface area contributed by atoms with E-state index in [2.05, 4.69) is 0 Å². The highest BCUT2D eigenvalue weighted by atomic mass is 19.4. The summed E-state index contributed by atoms with van der Waals surface area (Å²) < 4.78 is 62.2. The lowest BCUT2D eigenvalue weighted by molar-refractivity contribution is -0.279. The van der Waals surface area contributed by atoms with E-state index in [9.17, 15) is 18.0 Å². The van der Waals surface area contributed by atoms with Crippen LogP contribution < -0.4 is 0 Å². The Hall–Kier alpha value is -2.32. The second-order valence-corrected chi connectivity index (χ2v) is 5.90. The fourth-order valence-electron chi connectivity index (χ4n) is 2.85. The first-order valence-corrected chi connectivity index (χ1v) is 7.88. The van der Waals surface area contributed by atoms with Gasteiger partial charge in [-0.25, -0.2) is 4.79 Å². The molecule has 1 saturated heterocycles. The Balaban J connectivity index is 1.98. The number of methoxy groups -OCH3 is 1. The molecule has 0 unspecified atom stereocenters. The Morgan fingerprint density at radius 3 is 2.27 bits per heavy atom. The van der Waals surface area contributed by atoms with Gasteiger partial charge in [-0.1, -0.05) is 30.3 Å². The number of carbonyl (C=O) groups excluding carboxylic acids is 1. The van der Waals surface area contributed by atoms with Crippen LogP contribution in [0, 0.1) is 0 Å². The lowest BCUT2D eigenvalue weighted by atomic mass is 9.92. The molecule has 0 saturated carbocycles. The number of rotatable bonds is 6. The van der Waals surface area contributed by atoms with Crippen molar-refractivity contribution in [2.45, 2.75) is 37.0 Å². The fraction of sp³-hybridized carbons (Fsp3) is 0.389. The maximum Gasteiger partial charge on any atom is 0.432 e. The van der Waals surface area contributed by atoms with Gasteiger partial charge in [-0.2, -0.15) is 13.2 Å². The third kappa shape index (κ3) is 3.10. The van der Waals surface area contributed by atoms with Crippen molar-refractivity contribution in [3.05, 3.63) is 60.1 Å². The quantitative estimate of drug-likeness (QED) is 0.572. The number of ether oxygens (including phenoxy) is 3. The number of alkyl halides is 3. The predicted octanol–water partition coefficient (Wildman–Crippen LogP) is 3.76. The van der Waals surface area contributed by atoms with Gasteiger partial charge in [-0.05, 0) is 19.1 Å². The first-order valence-electron chi connectivity index (χ1n) is 7.88. The number of hydrogen-bond acceptors (Lipinski definition) is 5. The molecule has 0 bridgehead atoms. The number of halogens is 3. The van der Waals surface area contributed by atoms with Crippen molar-refractivity contribution in [2.75, 3.05) is 7.11 Å². The number of hydrogen-bond donors (Lipinski definition) is 0. The van der Waals surface area contributed by atoms with Crippen molar-refractivity contribution < 1.29 is 36.6 Å². The van der Waals surface area contributed by atoms with Crippen LogP contribution in [0.4, 0.5) is 13.2 Å². The van der Waals surface area contributed by atoms with Crippen LogP contribution in [0.3, 0.4) is 0 Å². The average Bonchev–Trinajstić information content (AvgIpc) is 3.09. The molecule has 0 N–H and O–H groups in total. The van der Waals surface area contributed by atoms with Gasteiger partial charge in [-0.3, -0.25) is 0 Å². The van der Waals surface area contributed by atoms with Crippen molar-refractivity contribution in [1.82, 2.24) is 0 Å². The lowest BCUT2D eigenvalue weighted by Gasteiger charge is -2.33. The summed E-state index contributed by atoms with van der Waals surface area (Å²) in [7, 11) is 0.819. The highest BCUT2D eigenvalue weighted by molar-refractivity contribution is 5.83. The van der Waals surface area contributed by atoms with E-state index >= 15 is 0 Å². The first-order chi connectivity index (χ1) is 12.3. The number of esters is 1. The zero-order valence-electron chi connectivity index (χ0n) is 14.0. The van der Waals surface area contributed by atoms with Gasteiger partial charge >= 0.3 is 12.1 Å². The standard InChI is InChI=1S/C18H17F3O5/c1-11-14(25-11)15(13-9-6-10-24-13)26-16(22)17(23-2,18(19,20)21)12-7-4-3-5-8-12/h3-11,14-15H,1-2H3/t11-,14-,15-,17+/m0/s1. The monoisotopic (exact) mass is 370 g/mol. The summed E-state index contributed by atoms with van der Waals surface area (Å²) >= 11 is 0. The van der Waals surface area contributed by atoms with Crippen molar-refractivity contribution in [2.24, 2.45) is 0 Å². The summed E-state index contributed by atoms with van der Waals surface area (Å²) in [6, 6.07) is 9.70. The summed E-state index contributed by atoms with van der Waals surface area (Å²) in [5, 5.41) is 0. The second-order valence-electron chi connectivity index (χ2n) is 5.90. The van der Waals surface area contributed by atoms with Gasteiger partial charge < -0.3 is 18.6 Å². The molecule has 1 aliphatic heterocycles. The zero-order chi connectivity index (χ0) is 18.9. The number of benzene rings is 1. The third-order valence-corrected chi connectivity index (χ3v) is 4.29. The Morgan fingerprint density at radius 2 is 1.81 bits per heavy atom. The molecule has 0 amide bonds. The minimum absolute atomic E-state index is 0.202. The lowest BCUT2D eigenvalue weighted by Crippen LogP contribution is -2.52. The van der Waals surface area contributed by atoms with Crippen LogP contribution in [0.5, 0.6) is 0 Å². The molecule has 2 heterocycles. The van der Waals surface area contributed by atoms with E-state index in [-0.39, 0.29) is 17.4 Å². The molecule has 8 heteroatoms. The van der Waals surface area contributed by atoms with Crippen LogP contribution in [0.15, 0.2) is 53.1 Å². The van der Waals surface area contributed by atoms with Crippen LogP contribution in [-0.4, -0.2) is 31.5 Å². The largest absolute Gasteiger partial charge is 0.465 e. The van der Waals surface area contributed by atoms with Crippen molar-refractivity contribution in [1.29, 1.82) is 0 Å². The average molecular weight is 370 g/mol. The van der Waals surface area contributed by atoms with Crippen molar-refractivity contribution in [3.63, 3.8) is 0 Å². The molecule has 1 fully saturated rings. The Bertz CT molecular complexity index is 744.